The molecule has 0 aromatic carbocycles. The maximum absolute atomic E-state index is 9.84. The van der Waals surface area contributed by atoms with Crippen LogP contribution in [0.5, 0.6) is 0 Å². The van der Waals surface area contributed by atoms with E-state index in [0.29, 0.717) is 0 Å². The molecule has 0 rings (SSSR count). The fraction of sp³-hybridized carbons (Fsp3) is 1.00. The minimum absolute atomic E-state index is 0. The molecule has 44 valence electrons. The molecule has 0 atom stereocenters. The Balaban J connectivity index is 0. The van der Waals surface area contributed by atoms with Crippen molar-refractivity contribution < 1.29 is 44.1 Å². The predicted octanol–water partition coefficient (Wildman–Crippen LogP) is -4.03. The van der Waals surface area contributed by atoms with Gasteiger partial charge in [0.15, 0.2) is 0 Å². The van der Waals surface area contributed by atoms with E-state index in [4.69, 9.17) is 0 Å². The van der Waals surface area contributed by atoms with E-state index in [-0.39, 0.29) is 36.2 Å². The van der Waals surface area contributed by atoms with Crippen molar-refractivity contribution in [3.8, 4) is 0 Å². The largest absolute Gasteiger partial charge is 1.00 e. The summed E-state index contributed by atoms with van der Waals surface area (Å²) in [6, 6.07) is 0. The van der Waals surface area contributed by atoms with Crippen LogP contribution >= 0.6 is 0 Å². The van der Waals surface area contributed by atoms with Gasteiger partial charge in [0.25, 0.3) is 0 Å². The van der Waals surface area contributed by atoms with Gasteiger partial charge in [0.05, 0.1) is 0 Å². The predicted molar refractivity (Wildman–Crippen MR) is 22.7 cm³/mol. The molecule has 0 aliphatic rings. The van der Waals surface area contributed by atoms with Crippen molar-refractivity contribution in [2.24, 2.45) is 0 Å². The zero-order valence-corrected chi connectivity index (χ0v) is 7.51. The number of hydrogen-bond donors (Lipinski definition) is 0. The van der Waals surface area contributed by atoms with Crippen molar-refractivity contribution in [2.75, 3.05) is 20.8 Å². The maximum atomic E-state index is 9.84. The summed E-state index contributed by atoms with van der Waals surface area (Å²) < 4.78 is 9.03. The van der Waals surface area contributed by atoms with Crippen molar-refractivity contribution >= 4 is 0 Å². The summed E-state index contributed by atoms with van der Waals surface area (Å²) in [5.41, 5.74) is 0. The van der Waals surface area contributed by atoms with Gasteiger partial charge >= 0.3 is 29.6 Å². The van der Waals surface area contributed by atoms with E-state index >= 15 is 0 Å². The standard InChI is InChI=1S/C4H9O3.Na/c1-6-4(3-5)7-2;/h4H,3H2,1-2H3;/q-1;+1. The second-order valence-corrected chi connectivity index (χ2v) is 1.07. The molecule has 3 nitrogen and oxygen atoms in total. The molecule has 0 saturated heterocycles. The van der Waals surface area contributed by atoms with Crippen LogP contribution in [-0.2, 0) is 9.47 Å². The summed E-state index contributed by atoms with van der Waals surface area (Å²) in [7, 11) is 2.87. The van der Waals surface area contributed by atoms with Crippen LogP contribution in [0.3, 0.4) is 0 Å². The third-order valence-corrected chi connectivity index (χ3v) is 0.662. The third kappa shape index (κ3) is 5.03. The van der Waals surface area contributed by atoms with Gasteiger partial charge in [-0.05, 0) is 0 Å². The average Bonchev–Trinajstić information content (AvgIpc) is 1.72. The Labute approximate surface area is 71.3 Å². The molecule has 0 aromatic rings. The fourth-order valence-corrected chi connectivity index (χ4v) is 0.232. The van der Waals surface area contributed by atoms with Crippen LogP contribution in [0.2, 0.25) is 0 Å². The van der Waals surface area contributed by atoms with E-state index in [0.717, 1.165) is 0 Å². The zero-order chi connectivity index (χ0) is 5.70. The first-order valence-electron chi connectivity index (χ1n) is 1.98. The Kier molecular flexibility index (Phi) is 11.5. The number of rotatable bonds is 3. The van der Waals surface area contributed by atoms with Crippen LogP contribution in [0.1, 0.15) is 0 Å². The number of ether oxygens (including phenoxy) is 2. The van der Waals surface area contributed by atoms with Gasteiger partial charge in [0.2, 0.25) is 0 Å². The van der Waals surface area contributed by atoms with E-state index in [1.54, 1.807) is 0 Å². The van der Waals surface area contributed by atoms with Gasteiger partial charge in [-0.1, -0.05) is 6.61 Å². The molecule has 0 aromatic heterocycles. The molecule has 0 unspecified atom stereocenters. The van der Waals surface area contributed by atoms with Crippen LogP contribution in [-0.4, -0.2) is 27.1 Å². The summed E-state index contributed by atoms with van der Waals surface area (Å²) in [6.07, 6.45) is -0.569. The SMILES string of the molecule is COC(C[O-])OC.[Na+]. The molecule has 4 heteroatoms. The number of methoxy groups -OCH3 is 2. The van der Waals surface area contributed by atoms with E-state index in [1.165, 1.54) is 14.2 Å². The van der Waals surface area contributed by atoms with E-state index in [9.17, 15) is 5.11 Å². The Morgan fingerprint density at radius 2 is 1.75 bits per heavy atom. The third-order valence-electron chi connectivity index (χ3n) is 0.662. The van der Waals surface area contributed by atoms with Gasteiger partial charge in [0.1, 0.15) is 6.29 Å². The zero-order valence-electron chi connectivity index (χ0n) is 5.51. The first kappa shape index (κ1) is 11.6. The van der Waals surface area contributed by atoms with Crippen LogP contribution in [0, 0.1) is 0 Å². The molecule has 0 spiro atoms. The van der Waals surface area contributed by atoms with Gasteiger partial charge in [0, 0.05) is 14.2 Å². The van der Waals surface area contributed by atoms with Gasteiger partial charge in [-0.2, -0.15) is 0 Å². The Morgan fingerprint density at radius 1 is 1.38 bits per heavy atom. The summed E-state index contributed by atoms with van der Waals surface area (Å²) in [6.45, 7) is -0.340. The monoisotopic (exact) mass is 128 g/mol. The fourth-order valence-electron chi connectivity index (χ4n) is 0.232. The smallest absolute Gasteiger partial charge is 0.851 e. The van der Waals surface area contributed by atoms with E-state index < -0.39 is 6.29 Å². The van der Waals surface area contributed by atoms with Crippen molar-refractivity contribution in [1.29, 1.82) is 0 Å². The molecule has 0 amide bonds. The first-order chi connectivity index (χ1) is 3.35. The first-order valence-corrected chi connectivity index (χ1v) is 1.98. The molecule has 0 radical (unpaired) electrons. The van der Waals surface area contributed by atoms with Crippen molar-refractivity contribution in [3.63, 3.8) is 0 Å². The molecule has 0 bridgehead atoms. The van der Waals surface area contributed by atoms with Crippen LogP contribution in [0.15, 0.2) is 0 Å². The van der Waals surface area contributed by atoms with Gasteiger partial charge in [-0.15, -0.1) is 0 Å². The minimum atomic E-state index is -0.569. The molecule has 0 saturated carbocycles. The summed E-state index contributed by atoms with van der Waals surface area (Å²) in [5.74, 6) is 0. The molecule has 0 aliphatic heterocycles. The summed E-state index contributed by atoms with van der Waals surface area (Å²) in [5, 5.41) is 9.84. The second kappa shape index (κ2) is 7.88. The maximum Gasteiger partial charge on any atom is 1.00 e. The van der Waals surface area contributed by atoms with Gasteiger partial charge in [-0.25, -0.2) is 0 Å². The quantitative estimate of drug-likeness (QED) is 0.287. The topological polar surface area (TPSA) is 41.5 Å². The molecule has 0 aliphatic carbocycles. The number of hydrogen-bond acceptors (Lipinski definition) is 3. The van der Waals surface area contributed by atoms with Gasteiger partial charge in [-0.3, -0.25) is 0 Å². The Bertz CT molecular complexity index is 32.8. The Morgan fingerprint density at radius 3 is 1.75 bits per heavy atom. The molecule has 0 N–H and O–H groups in total. The summed E-state index contributed by atoms with van der Waals surface area (Å²) >= 11 is 0. The normalized spacial score (nSPS) is 9.00. The summed E-state index contributed by atoms with van der Waals surface area (Å²) in [4.78, 5) is 0. The Hall–Kier alpha value is 0.880. The van der Waals surface area contributed by atoms with Crippen LogP contribution in [0.4, 0.5) is 0 Å². The molecule has 0 heterocycles. The van der Waals surface area contributed by atoms with Gasteiger partial charge < -0.3 is 14.6 Å². The molecule has 0 fully saturated rings. The average molecular weight is 128 g/mol. The van der Waals surface area contributed by atoms with E-state index in [2.05, 4.69) is 9.47 Å². The van der Waals surface area contributed by atoms with Crippen molar-refractivity contribution in [3.05, 3.63) is 0 Å². The van der Waals surface area contributed by atoms with Crippen molar-refractivity contribution in [1.82, 2.24) is 0 Å². The van der Waals surface area contributed by atoms with Crippen LogP contribution in [0.25, 0.3) is 0 Å². The van der Waals surface area contributed by atoms with Crippen molar-refractivity contribution in [2.45, 2.75) is 6.29 Å². The second-order valence-electron chi connectivity index (χ2n) is 1.07. The molecular formula is C4H9NaO3. The van der Waals surface area contributed by atoms with E-state index in [1.807, 2.05) is 0 Å². The molecule has 8 heavy (non-hydrogen) atoms. The minimum Gasteiger partial charge on any atom is -0.851 e. The van der Waals surface area contributed by atoms with Crippen LogP contribution < -0.4 is 34.7 Å². The molecular weight excluding hydrogens is 119 g/mol.